The molecule has 1 aliphatic rings. The summed E-state index contributed by atoms with van der Waals surface area (Å²) >= 11 is 1.35. The fourth-order valence-electron chi connectivity index (χ4n) is 2.61. The van der Waals surface area contributed by atoms with Crippen LogP contribution in [0, 0.1) is 16.0 Å². The highest BCUT2D eigenvalue weighted by Gasteiger charge is 2.30. The van der Waals surface area contributed by atoms with Crippen molar-refractivity contribution >= 4 is 22.0 Å². The molecule has 2 atom stereocenters. The molecule has 2 rings (SSSR count). The van der Waals surface area contributed by atoms with Crippen molar-refractivity contribution in [1.82, 2.24) is 0 Å². The molecule has 5 nitrogen and oxygen atoms in total. The zero-order chi connectivity index (χ0) is 14.0. The summed E-state index contributed by atoms with van der Waals surface area (Å²) < 4.78 is 0. The molecule has 2 heterocycles. The van der Waals surface area contributed by atoms with E-state index in [0.717, 1.165) is 25.9 Å². The van der Waals surface area contributed by atoms with Crippen LogP contribution in [0.5, 0.6) is 0 Å². The minimum atomic E-state index is -0.647. The van der Waals surface area contributed by atoms with E-state index in [9.17, 15) is 15.2 Å². The Labute approximate surface area is 117 Å². The van der Waals surface area contributed by atoms with E-state index in [2.05, 4.69) is 11.8 Å². The summed E-state index contributed by atoms with van der Waals surface area (Å²) in [5.74, 6) is 0.640. The average Bonchev–Trinajstić information content (AvgIpc) is 2.94. The monoisotopic (exact) mass is 284 g/mol. The van der Waals surface area contributed by atoms with Gasteiger partial charge in [-0.25, -0.2) is 0 Å². The molecule has 1 aromatic heterocycles. The summed E-state index contributed by atoms with van der Waals surface area (Å²) in [7, 11) is 0. The van der Waals surface area contributed by atoms with Crippen molar-refractivity contribution in [2.45, 2.75) is 39.2 Å². The first kappa shape index (κ1) is 14.3. The number of thiophene rings is 1. The van der Waals surface area contributed by atoms with E-state index in [1.165, 1.54) is 23.8 Å². The number of hydrogen-bond acceptors (Lipinski definition) is 5. The van der Waals surface area contributed by atoms with Crippen LogP contribution in [0.4, 0.5) is 10.7 Å². The quantitative estimate of drug-likeness (QED) is 0.665. The lowest BCUT2D eigenvalue weighted by Crippen LogP contribution is -2.19. The highest BCUT2D eigenvalue weighted by Crippen LogP contribution is 2.42. The second-order valence-electron chi connectivity index (χ2n) is 5.16. The highest BCUT2D eigenvalue weighted by atomic mass is 32.1. The molecule has 0 radical (unpaired) electrons. The molecule has 0 saturated carbocycles. The van der Waals surface area contributed by atoms with E-state index in [4.69, 9.17) is 0 Å². The maximum Gasteiger partial charge on any atom is 0.304 e. The summed E-state index contributed by atoms with van der Waals surface area (Å²) in [6.45, 7) is 5.59. The lowest BCUT2D eigenvalue weighted by atomic mass is 10.0. The van der Waals surface area contributed by atoms with Crippen LogP contribution in [0.15, 0.2) is 6.07 Å². The number of nitro groups is 1. The summed E-state index contributed by atoms with van der Waals surface area (Å²) in [6.07, 6.45) is 2.79. The molecule has 0 aromatic carbocycles. The first-order valence-electron chi connectivity index (χ1n) is 6.74. The zero-order valence-corrected chi connectivity index (χ0v) is 12.2. The van der Waals surface area contributed by atoms with E-state index in [-0.39, 0.29) is 10.6 Å². The molecule has 6 heteroatoms. The summed E-state index contributed by atoms with van der Waals surface area (Å²) in [4.78, 5) is 13.6. The van der Waals surface area contributed by atoms with Crippen molar-refractivity contribution in [2.24, 2.45) is 5.92 Å². The van der Waals surface area contributed by atoms with Gasteiger partial charge in [-0.1, -0.05) is 13.3 Å². The van der Waals surface area contributed by atoms with Gasteiger partial charge >= 0.3 is 5.69 Å². The van der Waals surface area contributed by atoms with Gasteiger partial charge in [0.05, 0.1) is 11.0 Å². The smallest absolute Gasteiger partial charge is 0.304 e. The van der Waals surface area contributed by atoms with Gasteiger partial charge < -0.3 is 10.0 Å². The largest absolute Gasteiger partial charge is 0.388 e. The molecule has 0 amide bonds. The Bertz CT molecular complexity index is 459. The molecular weight excluding hydrogens is 264 g/mol. The van der Waals surface area contributed by atoms with E-state index >= 15 is 0 Å². The summed E-state index contributed by atoms with van der Waals surface area (Å²) in [5.41, 5.74) is 0.137. The van der Waals surface area contributed by atoms with Crippen LogP contribution in [0.25, 0.3) is 0 Å². The number of nitrogens with zero attached hydrogens (tertiary/aromatic N) is 2. The molecule has 1 N–H and O–H groups in total. The molecular formula is C13H20N2O3S. The Morgan fingerprint density at radius 2 is 2.42 bits per heavy atom. The van der Waals surface area contributed by atoms with Gasteiger partial charge in [-0.2, -0.15) is 0 Å². The van der Waals surface area contributed by atoms with Crippen LogP contribution >= 0.6 is 11.3 Å². The van der Waals surface area contributed by atoms with Crippen LogP contribution < -0.4 is 4.90 Å². The van der Waals surface area contributed by atoms with Gasteiger partial charge in [0.25, 0.3) is 0 Å². The maximum atomic E-state index is 11.1. The lowest BCUT2D eigenvalue weighted by Gasteiger charge is -2.15. The first-order valence-corrected chi connectivity index (χ1v) is 7.55. The minimum Gasteiger partial charge on any atom is -0.388 e. The predicted molar refractivity (Wildman–Crippen MR) is 76.8 cm³/mol. The van der Waals surface area contributed by atoms with E-state index in [0.29, 0.717) is 15.8 Å². The Hall–Kier alpha value is -1.14. The average molecular weight is 284 g/mol. The van der Waals surface area contributed by atoms with E-state index < -0.39 is 6.10 Å². The third-order valence-electron chi connectivity index (χ3n) is 3.59. The minimum absolute atomic E-state index is 0.137. The maximum absolute atomic E-state index is 11.1. The molecule has 0 aliphatic carbocycles. The van der Waals surface area contributed by atoms with Gasteiger partial charge in [-0.3, -0.25) is 10.1 Å². The van der Waals surface area contributed by atoms with Crippen LogP contribution in [-0.2, 0) is 0 Å². The van der Waals surface area contributed by atoms with E-state index in [1.54, 1.807) is 6.92 Å². The number of rotatable bonds is 5. The van der Waals surface area contributed by atoms with Crippen molar-refractivity contribution in [1.29, 1.82) is 0 Å². The topological polar surface area (TPSA) is 66.6 Å². The molecule has 1 saturated heterocycles. The molecule has 106 valence electrons. The van der Waals surface area contributed by atoms with Gasteiger partial charge in [-0.15, -0.1) is 11.3 Å². The summed E-state index contributed by atoms with van der Waals surface area (Å²) in [6, 6.07) is 1.51. The Balaban J connectivity index is 2.21. The van der Waals surface area contributed by atoms with Gasteiger partial charge in [-0.05, 0) is 25.7 Å². The Morgan fingerprint density at radius 3 is 3.00 bits per heavy atom. The Morgan fingerprint density at radius 1 is 1.68 bits per heavy atom. The standard InChI is InChI=1S/C13H20N2O3S/c1-3-4-10-5-6-14(8-10)13-11(15(17)18)7-12(19-13)9(2)16/h7,9-10,16H,3-6,8H2,1-2H3. The van der Waals surface area contributed by atoms with Crippen molar-refractivity contribution in [3.05, 3.63) is 21.1 Å². The number of anilines is 1. The normalized spacial score (nSPS) is 20.8. The van der Waals surface area contributed by atoms with Crippen LogP contribution in [0.2, 0.25) is 0 Å². The third kappa shape index (κ3) is 3.06. The van der Waals surface area contributed by atoms with Gasteiger partial charge in [0.2, 0.25) is 0 Å². The fourth-order valence-corrected chi connectivity index (χ4v) is 3.71. The van der Waals surface area contributed by atoms with Crippen LogP contribution in [0.3, 0.4) is 0 Å². The van der Waals surface area contributed by atoms with Gasteiger partial charge in [0, 0.05) is 24.0 Å². The molecule has 1 aromatic rings. The van der Waals surface area contributed by atoms with E-state index in [1.807, 2.05) is 0 Å². The molecule has 0 spiro atoms. The van der Waals surface area contributed by atoms with Crippen molar-refractivity contribution in [3.63, 3.8) is 0 Å². The SMILES string of the molecule is CCCC1CCN(c2sc(C(C)O)cc2[N+](=O)[O-])C1. The number of aliphatic hydroxyl groups excluding tert-OH is 1. The van der Waals surface area contributed by atoms with Crippen LogP contribution in [0.1, 0.15) is 44.1 Å². The highest BCUT2D eigenvalue weighted by molar-refractivity contribution is 7.16. The van der Waals surface area contributed by atoms with Gasteiger partial charge in [0.15, 0.2) is 5.00 Å². The lowest BCUT2D eigenvalue weighted by molar-refractivity contribution is -0.383. The summed E-state index contributed by atoms with van der Waals surface area (Å²) in [5, 5.41) is 21.4. The molecule has 1 aliphatic heterocycles. The molecule has 19 heavy (non-hydrogen) atoms. The van der Waals surface area contributed by atoms with Crippen LogP contribution in [-0.4, -0.2) is 23.1 Å². The third-order valence-corrected chi connectivity index (χ3v) is 4.95. The fraction of sp³-hybridized carbons (Fsp3) is 0.692. The second-order valence-corrected chi connectivity index (χ2v) is 6.22. The predicted octanol–water partition coefficient (Wildman–Crippen LogP) is 3.34. The van der Waals surface area contributed by atoms with Crippen molar-refractivity contribution < 1.29 is 10.0 Å². The Kier molecular flexibility index (Phi) is 4.42. The second kappa shape index (κ2) is 5.88. The first-order chi connectivity index (χ1) is 9.02. The van der Waals surface area contributed by atoms with Gasteiger partial charge in [0.1, 0.15) is 0 Å². The molecule has 1 fully saturated rings. The molecule has 2 unspecified atom stereocenters. The van der Waals surface area contributed by atoms with Crippen molar-refractivity contribution in [3.8, 4) is 0 Å². The number of hydrogen-bond donors (Lipinski definition) is 1. The number of aliphatic hydroxyl groups is 1. The van der Waals surface area contributed by atoms with Crippen molar-refractivity contribution in [2.75, 3.05) is 18.0 Å². The zero-order valence-electron chi connectivity index (χ0n) is 11.3. The molecule has 0 bridgehead atoms.